The van der Waals surface area contributed by atoms with Gasteiger partial charge in [0.25, 0.3) is 5.91 Å². The van der Waals surface area contributed by atoms with Crippen LogP contribution in [-0.4, -0.2) is 31.2 Å². The molecule has 6 heteroatoms. The number of benzene rings is 2. The summed E-state index contributed by atoms with van der Waals surface area (Å²) in [6.45, 7) is 0. The average Bonchev–Trinajstić information content (AvgIpc) is 3.07. The van der Waals surface area contributed by atoms with E-state index in [0.29, 0.717) is 22.9 Å². The minimum atomic E-state index is -0.0461. The van der Waals surface area contributed by atoms with E-state index in [9.17, 15) is 4.79 Å². The molecule has 2 N–H and O–H groups in total. The Hall–Kier alpha value is -3.28. The normalized spacial score (nSPS) is 14.6. The number of carbonyl (C=O) groups is 1. The van der Waals surface area contributed by atoms with Crippen molar-refractivity contribution in [1.82, 2.24) is 10.3 Å². The fraction of sp³-hybridized carbons (Fsp3) is 0.360. The molecular weight excluding hydrogens is 390 g/mol. The summed E-state index contributed by atoms with van der Waals surface area (Å²) >= 11 is 0. The van der Waals surface area contributed by atoms with Gasteiger partial charge in [-0.05, 0) is 37.1 Å². The number of amides is 1. The van der Waals surface area contributed by atoms with Gasteiger partial charge in [-0.15, -0.1) is 0 Å². The Balaban J connectivity index is 1.65. The maximum absolute atomic E-state index is 13.2. The van der Waals surface area contributed by atoms with Gasteiger partial charge >= 0.3 is 0 Å². The first-order valence-electron chi connectivity index (χ1n) is 10.9. The van der Waals surface area contributed by atoms with Crippen molar-refractivity contribution < 1.29 is 14.3 Å². The van der Waals surface area contributed by atoms with Crippen molar-refractivity contribution in [3.63, 3.8) is 0 Å². The van der Waals surface area contributed by atoms with Crippen LogP contribution in [-0.2, 0) is 0 Å². The third-order valence-electron chi connectivity index (χ3n) is 5.82. The number of carbonyl (C=O) groups excluding carboxylic acids is 1. The second-order valence-electron chi connectivity index (χ2n) is 7.93. The summed E-state index contributed by atoms with van der Waals surface area (Å²) in [6.07, 6.45) is 6.94. The van der Waals surface area contributed by atoms with Crippen molar-refractivity contribution in [2.45, 2.75) is 44.6 Å². The molecule has 1 aromatic heterocycles. The summed E-state index contributed by atoms with van der Waals surface area (Å²) in [4.78, 5) is 18.0. The van der Waals surface area contributed by atoms with Crippen LogP contribution < -0.4 is 20.1 Å². The van der Waals surface area contributed by atoms with Crippen LogP contribution in [0.2, 0.25) is 0 Å². The van der Waals surface area contributed by atoms with Gasteiger partial charge < -0.3 is 20.1 Å². The number of nitrogens with one attached hydrogen (secondary N) is 2. The molecule has 162 valence electrons. The minimum absolute atomic E-state index is 0.0461. The van der Waals surface area contributed by atoms with Crippen molar-refractivity contribution in [3.8, 4) is 11.5 Å². The van der Waals surface area contributed by atoms with E-state index >= 15 is 0 Å². The molecule has 2 aromatic carbocycles. The summed E-state index contributed by atoms with van der Waals surface area (Å²) in [7, 11) is 3.23. The van der Waals surface area contributed by atoms with E-state index in [1.807, 2.05) is 48.5 Å². The number of para-hydroxylation sites is 1. The standard InChI is InChI=1S/C25H29N3O3/c1-30-18-13-14-22(23(15-18)31-2)28-24-16-20(19-11-7-8-12-21(19)27-24)25(29)26-17-9-5-3-4-6-10-17/h7-8,11-17H,3-6,9-10H2,1-2H3,(H,26,29)(H,27,28). The molecule has 31 heavy (non-hydrogen) atoms. The van der Waals surface area contributed by atoms with Gasteiger partial charge in [-0.3, -0.25) is 4.79 Å². The van der Waals surface area contributed by atoms with Gasteiger partial charge in [0.15, 0.2) is 0 Å². The van der Waals surface area contributed by atoms with Crippen LogP contribution >= 0.6 is 0 Å². The van der Waals surface area contributed by atoms with E-state index in [1.165, 1.54) is 25.7 Å². The van der Waals surface area contributed by atoms with Crippen LogP contribution in [0.3, 0.4) is 0 Å². The maximum Gasteiger partial charge on any atom is 0.252 e. The molecule has 1 fully saturated rings. The summed E-state index contributed by atoms with van der Waals surface area (Å²) in [5.41, 5.74) is 2.15. The SMILES string of the molecule is COc1ccc(Nc2cc(C(=O)NC3CCCCCC3)c3ccccc3n2)c(OC)c1. The first kappa shape index (κ1) is 21.0. The molecule has 1 saturated carbocycles. The molecule has 6 nitrogen and oxygen atoms in total. The maximum atomic E-state index is 13.2. The van der Waals surface area contributed by atoms with E-state index in [4.69, 9.17) is 14.5 Å². The van der Waals surface area contributed by atoms with E-state index in [-0.39, 0.29) is 11.9 Å². The Labute approximate surface area is 183 Å². The number of hydrogen-bond acceptors (Lipinski definition) is 5. The Morgan fingerprint density at radius 2 is 1.74 bits per heavy atom. The van der Waals surface area contributed by atoms with Crippen LogP contribution in [0, 0.1) is 0 Å². The van der Waals surface area contributed by atoms with Crippen molar-refractivity contribution >= 4 is 28.3 Å². The first-order valence-corrected chi connectivity index (χ1v) is 10.9. The minimum Gasteiger partial charge on any atom is -0.497 e. The molecule has 0 spiro atoms. The van der Waals surface area contributed by atoms with Gasteiger partial charge in [-0.2, -0.15) is 0 Å². The van der Waals surface area contributed by atoms with E-state index in [0.717, 1.165) is 29.4 Å². The molecule has 4 rings (SSSR count). The zero-order valence-corrected chi connectivity index (χ0v) is 18.1. The molecule has 1 aliphatic rings. The molecular formula is C25H29N3O3. The summed E-state index contributed by atoms with van der Waals surface area (Å²) < 4.78 is 10.8. The van der Waals surface area contributed by atoms with Crippen molar-refractivity contribution in [2.75, 3.05) is 19.5 Å². The third-order valence-corrected chi connectivity index (χ3v) is 5.82. The molecule has 0 aliphatic heterocycles. The number of aromatic nitrogens is 1. The number of methoxy groups -OCH3 is 2. The highest BCUT2D eigenvalue weighted by Crippen LogP contribution is 2.32. The predicted octanol–water partition coefficient (Wildman–Crippen LogP) is 5.45. The number of nitrogens with zero attached hydrogens (tertiary/aromatic N) is 1. The Morgan fingerprint density at radius 3 is 2.48 bits per heavy atom. The second kappa shape index (κ2) is 9.69. The average molecular weight is 420 g/mol. The number of anilines is 2. The molecule has 1 amide bonds. The Morgan fingerprint density at radius 1 is 0.968 bits per heavy atom. The zero-order valence-electron chi connectivity index (χ0n) is 18.1. The lowest BCUT2D eigenvalue weighted by molar-refractivity contribution is 0.0935. The third kappa shape index (κ3) is 4.90. The lowest BCUT2D eigenvalue weighted by Gasteiger charge is -2.18. The molecule has 0 saturated heterocycles. The van der Waals surface area contributed by atoms with Gasteiger partial charge in [0.05, 0.1) is 31.0 Å². The number of ether oxygens (including phenoxy) is 2. The second-order valence-corrected chi connectivity index (χ2v) is 7.93. The lowest BCUT2D eigenvalue weighted by Crippen LogP contribution is -2.34. The molecule has 0 atom stereocenters. The number of fused-ring (bicyclic) bond motifs is 1. The fourth-order valence-corrected chi connectivity index (χ4v) is 4.15. The molecule has 0 radical (unpaired) electrons. The first-order chi connectivity index (χ1) is 15.2. The molecule has 1 heterocycles. The fourth-order valence-electron chi connectivity index (χ4n) is 4.15. The van der Waals surface area contributed by atoms with Crippen LogP contribution in [0.1, 0.15) is 48.9 Å². The van der Waals surface area contributed by atoms with Crippen LogP contribution in [0.15, 0.2) is 48.5 Å². The molecule has 1 aliphatic carbocycles. The summed E-state index contributed by atoms with van der Waals surface area (Å²) in [6, 6.07) is 15.3. The molecule has 0 bridgehead atoms. The van der Waals surface area contributed by atoms with Crippen molar-refractivity contribution in [2.24, 2.45) is 0 Å². The number of hydrogen-bond donors (Lipinski definition) is 2. The van der Waals surface area contributed by atoms with Crippen molar-refractivity contribution in [3.05, 3.63) is 54.1 Å². The van der Waals surface area contributed by atoms with Crippen LogP contribution in [0.4, 0.5) is 11.5 Å². The summed E-state index contributed by atoms with van der Waals surface area (Å²) in [5, 5.41) is 7.41. The highest BCUT2D eigenvalue weighted by atomic mass is 16.5. The Bertz CT molecular complexity index is 1060. The quantitative estimate of drug-likeness (QED) is 0.520. The zero-order chi connectivity index (χ0) is 21.6. The van der Waals surface area contributed by atoms with Crippen LogP contribution in [0.5, 0.6) is 11.5 Å². The topological polar surface area (TPSA) is 72.5 Å². The van der Waals surface area contributed by atoms with Gasteiger partial charge in [0.2, 0.25) is 0 Å². The van der Waals surface area contributed by atoms with Crippen LogP contribution in [0.25, 0.3) is 10.9 Å². The largest absolute Gasteiger partial charge is 0.497 e. The van der Waals surface area contributed by atoms with Gasteiger partial charge in [0, 0.05) is 17.5 Å². The highest BCUT2D eigenvalue weighted by molar-refractivity contribution is 6.07. The van der Waals surface area contributed by atoms with Gasteiger partial charge in [-0.25, -0.2) is 4.98 Å². The predicted molar refractivity (Wildman–Crippen MR) is 124 cm³/mol. The summed E-state index contributed by atoms with van der Waals surface area (Å²) in [5.74, 6) is 1.89. The highest BCUT2D eigenvalue weighted by Gasteiger charge is 2.19. The van der Waals surface area contributed by atoms with Crippen molar-refractivity contribution in [1.29, 1.82) is 0 Å². The van der Waals surface area contributed by atoms with E-state index in [2.05, 4.69) is 10.6 Å². The lowest BCUT2D eigenvalue weighted by atomic mass is 10.1. The molecule has 0 unspecified atom stereocenters. The van der Waals surface area contributed by atoms with Gasteiger partial charge in [-0.1, -0.05) is 43.9 Å². The van der Waals surface area contributed by atoms with Gasteiger partial charge in [0.1, 0.15) is 17.3 Å². The number of pyridine rings is 1. The smallest absolute Gasteiger partial charge is 0.252 e. The molecule has 3 aromatic rings. The van der Waals surface area contributed by atoms with E-state index in [1.54, 1.807) is 14.2 Å². The van der Waals surface area contributed by atoms with E-state index < -0.39 is 0 Å². The number of rotatable bonds is 6. The monoisotopic (exact) mass is 419 g/mol. The Kier molecular flexibility index (Phi) is 6.55.